The van der Waals surface area contributed by atoms with E-state index >= 15 is 0 Å². The molecule has 0 bridgehead atoms. The van der Waals surface area contributed by atoms with Gasteiger partial charge in [-0.15, -0.1) is 0 Å². The predicted molar refractivity (Wildman–Crippen MR) is 53.1 cm³/mol. The van der Waals surface area contributed by atoms with E-state index in [1.807, 2.05) is 7.05 Å². The number of hydrogen-bond acceptors (Lipinski definition) is 1. The quantitative estimate of drug-likeness (QED) is 0.722. The van der Waals surface area contributed by atoms with Crippen LogP contribution in [0.25, 0.3) is 0 Å². The zero-order chi connectivity index (χ0) is 9.03. The first-order valence-corrected chi connectivity index (χ1v) is 4.47. The van der Waals surface area contributed by atoms with E-state index < -0.39 is 0 Å². The molecule has 1 unspecified atom stereocenters. The van der Waals surface area contributed by atoms with Gasteiger partial charge in [0.05, 0.1) is 0 Å². The van der Waals surface area contributed by atoms with E-state index in [2.05, 4.69) is 49.5 Å². The van der Waals surface area contributed by atoms with Crippen molar-refractivity contribution in [1.82, 2.24) is 5.32 Å². The number of benzene rings is 1. The van der Waals surface area contributed by atoms with Crippen LogP contribution in [-0.2, 0) is 5.54 Å². The number of rotatable bonds is 3. The molecule has 0 aromatic heterocycles. The molecular weight excluding hydrogens is 146 g/mol. The highest BCUT2D eigenvalue weighted by Crippen LogP contribution is 2.22. The monoisotopic (exact) mass is 163 g/mol. The van der Waals surface area contributed by atoms with Crippen molar-refractivity contribution in [3.63, 3.8) is 0 Å². The summed E-state index contributed by atoms with van der Waals surface area (Å²) in [7, 11) is 2.01. The van der Waals surface area contributed by atoms with Crippen molar-refractivity contribution in [3.8, 4) is 0 Å². The Morgan fingerprint density at radius 2 is 1.83 bits per heavy atom. The SMILES string of the molecule is CCC(C)(NC)c1ccccc1. The molecule has 1 atom stereocenters. The molecule has 0 saturated heterocycles. The van der Waals surface area contributed by atoms with Gasteiger partial charge in [0.2, 0.25) is 0 Å². The van der Waals surface area contributed by atoms with Crippen LogP contribution in [0, 0.1) is 0 Å². The van der Waals surface area contributed by atoms with E-state index in [9.17, 15) is 0 Å². The summed E-state index contributed by atoms with van der Waals surface area (Å²) in [5.41, 5.74) is 1.48. The zero-order valence-electron chi connectivity index (χ0n) is 8.09. The summed E-state index contributed by atoms with van der Waals surface area (Å²) in [5, 5.41) is 3.34. The second-order valence-corrected chi connectivity index (χ2v) is 3.30. The van der Waals surface area contributed by atoms with Crippen LogP contribution in [0.2, 0.25) is 0 Å². The van der Waals surface area contributed by atoms with Crippen molar-refractivity contribution < 1.29 is 0 Å². The molecule has 0 aliphatic carbocycles. The first-order chi connectivity index (χ1) is 5.73. The van der Waals surface area contributed by atoms with Crippen molar-refractivity contribution in [2.45, 2.75) is 25.8 Å². The largest absolute Gasteiger partial charge is 0.311 e. The van der Waals surface area contributed by atoms with Crippen molar-refractivity contribution in [2.24, 2.45) is 0 Å². The Morgan fingerprint density at radius 3 is 2.25 bits per heavy atom. The fraction of sp³-hybridized carbons (Fsp3) is 0.455. The molecule has 66 valence electrons. The molecule has 0 amide bonds. The van der Waals surface area contributed by atoms with Crippen molar-refractivity contribution in [1.29, 1.82) is 0 Å². The first-order valence-electron chi connectivity index (χ1n) is 4.47. The molecule has 0 aliphatic heterocycles. The lowest BCUT2D eigenvalue weighted by molar-refractivity contribution is 0.386. The van der Waals surface area contributed by atoms with Gasteiger partial charge in [-0.05, 0) is 26.0 Å². The predicted octanol–water partition coefficient (Wildman–Crippen LogP) is 2.53. The molecule has 0 radical (unpaired) electrons. The topological polar surface area (TPSA) is 12.0 Å². The van der Waals surface area contributed by atoms with Crippen LogP contribution in [0.4, 0.5) is 0 Å². The minimum absolute atomic E-state index is 0.126. The van der Waals surface area contributed by atoms with Crippen LogP contribution >= 0.6 is 0 Å². The standard InChI is InChI=1S/C11H17N/c1-4-11(2,12-3)10-8-6-5-7-9-10/h5-9,12H,4H2,1-3H3. The van der Waals surface area contributed by atoms with Gasteiger partial charge in [-0.3, -0.25) is 0 Å². The Morgan fingerprint density at radius 1 is 1.25 bits per heavy atom. The lowest BCUT2D eigenvalue weighted by atomic mass is 9.90. The molecule has 1 aromatic rings. The molecule has 0 fully saturated rings. The first kappa shape index (κ1) is 9.27. The lowest BCUT2D eigenvalue weighted by Gasteiger charge is -2.28. The molecule has 1 heteroatoms. The maximum Gasteiger partial charge on any atom is 0.0400 e. The molecule has 1 nitrogen and oxygen atoms in total. The van der Waals surface area contributed by atoms with Crippen LogP contribution in [0.15, 0.2) is 30.3 Å². The van der Waals surface area contributed by atoms with Gasteiger partial charge in [0.25, 0.3) is 0 Å². The van der Waals surface area contributed by atoms with Crippen molar-refractivity contribution >= 4 is 0 Å². The molecule has 12 heavy (non-hydrogen) atoms. The molecule has 1 aromatic carbocycles. The molecular formula is C11H17N. The van der Waals surface area contributed by atoms with Gasteiger partial charge in [-0.1, -0.05) is 37.3 Å². The normalized spacial score (nSPS) is 15.6. The summed E-state index contributed by atoms with van der Waals surface area (Å²) in [6.45, 7) is 4.42. The van der Waals surface area contributed by atoms with Crippen molar-refractivity contribution in [2.75, 3.05) is 7.05 Å². The molecule has 0 saturated carbocycles. The highest BCUT2D eigenvalue weighted by atomic mass is 14.9. The highest BCUT2D eigenvalue weighted by molar-refractivity contribution is 5.23. The average molecular weight is 163 g/mol. The number of hydrogen-bond donors (Lipinski definition) is 1. The number of nitrogens with one attached hydrogen (secondary N) is 1. The van der Waals surface area contributed by atoms with E-state index in [4.69, 9.17) is 0 Å². The van der Waals surface area contributed by atoms with Gasteiger partial charge < -0.3 is 5.32 Å². The van der Waals surface area contributed by atoms with Gasteiger partial charge in [-0.2, -0.15) is 0 Å². The van der Waals surface area contributed by atoms with Gasteiger partial charge in [0.1, 0.15) is 0 Å². The Bertz CT molecular complexity index is 224. The Balaban J connectivity index is 2.95. The van der Waals surface area contributed by atoms with Crippen molar-refractivity contribution in [3.05, 3.63) is 35.9 Å². The maximum absolute atomic E-state index is 3.34. The second-order valence-electron chi connectivity index (χ2n) is 3.30. The minimum atomic E-state index is 0.126. The average Bonchev–Trinajstić information content (AvgIpc) is 2.18. The van der Waals surface area contributed by atoms with E-state index in [0.717, 1.165) is 6.42 Å². The second kappa shape index (κ2) is 3.72. The summed E-state index contributed by atoms with van der Waals surface area (Å²) in [6.07, 6.45) is 1.10. The van der Waals surface area contributed by atoms with Gasteiger partial charge in [-0.25, -0.2) is 0 Å². The van der Waals surface area contributed by atoms with E-state index in [1.54, 1.807) is 0 Å². The Hall–Kier alpha value is -0.820. The molecule has 1 rings (SSSR count). The Labute approximate surface area is 74.8 Å². The van der Waals surface area contributed by atoms with E-state index in [-0.39, 0.29) is 5.54 Å². The maximum atomic E-state index is 3.34. The van der Waals surface area contributed by atoms with Crippen LogP contribution in [-0.4, -0.2) is 7.05 Å². The fourth-order valence-corrected chi connectivity index (χ4v) is 1.33. The highest BCUT2D eigenvalue weighted by Gasteiger charge is 2.20. The summed E-state index contributed by atoms with van der Waals surface area (Å²) < 4.78 is 0. The molecule has 0 aliphatic rings. The summed E-state index contributed by atoms with van der Waals surface area (Å²) in [5.74, 6) is 0. The van der Waals surface area contributed by atoms with E-state index in [1.165, 1.54) is 5.56 Å². The lowest BCUT2D eigenvalue weighted by Crippen LogP contribution is -2.35. The van der Waals surface area contributed by atoms with Crippen LogP contribution in [0.3, 0.4) is 0 Å². The zero-order valence-corrected chi connectivity index (χ0v) is 8.09. The van der Waals surface area contributed by atoms with Gasteiger partial charge >= 0.3 is 0 Å². The molecule has 0 spiro atoms. The summed E-state index contributed by atoms with van der Waals surface area (Å²) in [4.78, 5) is 0. The van der Waals surface area contributed by atoms with Crippen LogP contribution in [0.1, 0.15) is 25.8 Å². The van der Waals surface area contributed by atoms with Crippen LogP contribution < -0.4 is 5.32 Å². The molecule has 0 heterocycles. The smallest absolute Gasteiger partial charge is 0.0400 e. The fourth-order valence-electron chi connectivity index (χ4n) is 1.33. The van der Waals surface area contributed by atoms with Gasteiger partial charge in [0.15, 0.2) is 0 Å². The van der Waals surface area contributed by atoms with Gasteiger partial charge in [0, 0.05) is 5.54 Å². The third-order valence-electron chi connectivity index (χ3n) is 2.67. The Kier molecular flexibility index (Phi) is 2.88. The molecule has 1 N–H and O–H groups in total. The minimum Gasteiger partial charge on any atom is -0.311 e. The third-order valence-corrected chi connectivity index (χ3v) is 2.67. The van der Waals surface area contributed by atoms with Crippen LogP contribution in [0.5, 0.6) is 0 Å². The third kappa shape index (κ3) is 1.67. The summed E-state index contributed by atoms with van der Waals surface area (Å²) >= 11 is 0. The summed E-state index contributed by atoms with van der Waals surface area (Å²) in [6, 6.07) is 10.6. The van der Waals surface area contributed by atoms with E-state index in [0.29, 0.717) is 0 Å².